The molecule has 7 heteroatoms. The molecule has 1 aliphatic heterocycles. The van der Waals surface area contributed by atoms with Gasteiger partial charge >= 0.3 is 0 Å². The molecule has 0 spiro atoms. The van der Waals surface area contributed by atoms with E-state index in [9.17, 15) is 9.59 Å². The molecular formula is C15H20BrN3O3. The Morgan fingerprint density at radius 1 is 1.36 bits per heavy atom. The van der Waals surface area contributed by atoms with Crippen LogP contribution in [0.5, 0.6) is 5.75 Å². The van der Waals surface area contributed by atoms with Gasteiger partial charge in [0.15, 0.2) is 18.2 Å². The van der Waals surface area contributed by atoms with Crippen molar-refractivity contribution in [1.29, 1.82) is 0 Å². The summed E-state index contributed by atoms with van der Waals surface area (Å²) < 4.78 is 5.96. The third-order valence-electron chi connectivity index (χ3n) is 3.35. The van der Waals surface area contributed by atoms with E-state index in [0.717, 1.165) is 12.8 Å². The van der Waals surface area contributed by atoms with Crippen molar-refractivity contribution in [3.63, 3.8) is 0 Å². The maximum atomic E-state index is 12.5. The Morgan fingerprint density at radius 2 is 2.05 bits per heavy atom. The van der Waals surface area contributed by atoms with Gasteiger partial charge in [-0.2, -0.15) is 0 Å². The van der Waals surface area contributed by atoms with Crippen LogP contribution in [-0.2, 0) is 9.59 Å². The zero-order chi connectivity index (χ0) is 16.1. The molecule has 0 saturated heterocycles. The quantitative estimate of drug-likeness (QED) is 0.721. The smallest absolute Gasteiger partial charge is 0.266 e. The maximum absolute atomic E-state index is 12.5. The number of anilines is 1. The van der Waals surface area contributed by atoms with Crippen molar-refractivity contribution in [3.05, 3.63) is 16.7 Å². The van der Waals surface area contributed by atoms with Crippen molar-refractivity contribution < 1.29 is 14.3 Å². The van der Waals surface area contributed by atoms with Gasteiger partial charge in [-0.25, -0.2) is 4.98 Å². The molecule has 0 radical (unpaired) electrons. The van der Waals surface area contributed by atoms with Crippen LogP contribution in [0.4, 0.5) is 5.82 Å². The van der Waals surface area contributed by atoms with E-state index in [1.165, 1.54) is 4.90 Å². The van der Waals surface area contributed by atoms with Gasteiger partial charge in [0, 0.05) is 13.1 Å². The Labute approximate surface area is 138 Å². The molecule has 0 atom stereocenters. The lowest BCUT2D eigenvalue weighted by Gasteiger charge is -2.30. The summed E-state index contributed by atoms with van der Waals surface area (Å²) >= 11 is 3.28. The van der Waals surface area contributed by atoms with E-state index in [1.54, 1.807) is 17.0 Å². The van der Waals surface area contributed by atoms with Gasteiger partial charge in [-0.15, -0.1) is 0 Å². The number of ether oxygens (including phenoxy) is 1. The van der Waals surface area contributed by atoms with Crippen molar-refractivity contribution in [3.8, 4) is 5.75 Å². The molecule has 0 aliphatic carbocycles. The van der Waals surface area contributed by atoms with Crippen molar-refractivity contribution in [2.75, 3.05) is 31.1 Å². The van der Waals surface area contributed by atoms with Crippen LogP contribution in [0.15, 0.2) is 16.7 Å². The number of carbonyl (C=O) groups is 2. The summed E-state index contributed by atoms with van der Waals surface area (Å²) in [5.41, 5.74) is 0. The van der Waals surface area contributed by atoms with E-state index in [1.807, 2.05) is 13.8 Å². The van der Waals surface area contributed by atoms with Crippen LogP contribution in [0.3, 0.4) is 0 Å². The normalized spacial score (nSPS) is 13.6. The zero-order valence-electron chi connectivity index (χ0n) is 12.8. The van der Waals surface area contributed by atoms with Gasteiger partial charge in [0.2, 0.25) is 5.91 Å². The Kier molecular flexibility index (Phi) is 5.76. The van der Waals surface area contributed by atoms with Gasteiger partial charge in [0.05, 0.1) is 0 Å². The molecule has 0 saturated carbocycles. The Hall–Kier alpha value is -1.63. The number of hydrogen-bond acceptors (Lipinski definition) is 4. The average molecular weight is 370 g/mol. The average Bonchev–Trinajstić information content (AvgIpc) is 2.50. The van der Waals surface area contributed by atoms with E-state index in [4.69, 9.17) is 4.74 Å². The molecule has 1 aromatic rings. The Bertz CT molecular complexity index is 559. The number of hydrogen-bond donors (Lipinski definition) is 0. The molecule has 0 fully saturated rings. The van der Waals surface area contributed by atoms with Crippen molar-refractivity contribution in [1.82, 2.24) is 9.88 Å². The number of pyridine rings is 1. The van der Waals surface area contributed by atoms with Crippen LogP contribution >= 0.6 is 15.9 Å². The van der Waals surface area contributed by atoms with Gasteiger partial charge < -0.3 is 9.64 Å². The minimum Gasteiger partial charge on any atom is -0.480 e. The molecule has 22 heavy (non-hydrogen) atoms. The van der Waals surface area contributed by atoms with E-state index < -0.39 is 0 Å². The summed E-state index contributed by atoms with van der Waals surface area (Å²) in [5.74, 6) is 0.603. The van der Waals surface area contributed by atoms with E-state index in [-0.39, 0.29) is 25.0 Å². The largest absolute Gasteiger partial charge is 0.480 e. The molecule has 2 heterocycles. The van der Waals surface area contributed by atoms with Gasteiger partial charge in [0.1, 0.15) is 11.1 Å². The monoisotopic (exact) mass is 369 g/mol. The lowest BCUT2D eigenvalue weighted by Crippen LogP contribution is -2.47. The molecule has 2 amide bonds. The van der Waals surface area contributed by atoms with Crippen LogP contribution in [0.1, 0.15) is 26.7 Å². The van der Waals surface area contributed by atoms with Gasteiger partial charge in [0.25, 0.3) is 5.91 Å². The fraction of sp³-hybridized carbons (Fsp3) is 0.533. The molecule has 120 valence electrons. The van der Waals surface area contributed by atoms with E-state index >= 15 is 0 Å². The number of halogens is 1. The predicted octanol–water partition coefficient (Wildman–Crippen LogP) is 2.22. The lowest BCUT2D eigenvalue weighted by atomic mass is 10.3. The molecule has 0 aromatic carbocycles. The number of rotatable bonds is 6. The SMILES string of the molecule is CCCN(CCC)C(=O)CN1C(=O)COc2ccc(Br)nc21. The standard InChI is InChI=1S/C15H20BrN3O3/c1-3-7-18(8-4-2)13(20)9-19-14(21)10-22-11-5-6-12(16)17-15(11)19/h5-6H,3-4,7-10H2,1-2H3. The summed E-state index contributed by atoms with van der Waals surface area (Å²) in [5, 5.41) is 0. The molecule has 0 N–H and O–H groups in total. The van der Waals surface area contributed by atoms with Crippen LogP contribution in [0, 0.1) is 0 Å². The predicted molar refractivity (Wildman–Crippen MR) is 86.9 cm³/mol. The molecule has 1 aromatic heterocycles. The highest BCUT2D eigenvalue weighted by Crippen LogP contribution is 2.31. The third-order valence-corrected chi connectivity index (χ3v) is 3.79. The molecule has 0 unspecified atom stereocenters. The maximum Gasteiger partial charge on any atom is 0.266 e. The minimum atomic E-state index is -0.251. The fourth-order valence-electron chi connectivity index (χ4n) is 2.35. The first kappa shape index (κ1) is 16.7. The first-order valence-electron chi connectivity index (χ1n) is 7.44. The highest BCUT2D eigenvalue weighted by Gasteiger charge is 2.30. The van der Waals surface area contributed by atoms with E-state index in [0.29, 0.717) is 29.3 Å². The first-order valence-corrected chi connectivity index (χ1v) is 8.23. The molecular weight excluding hydrogens is 350 g/mol. The number of carbonyl (C=O) groups excluding carboxylic acids is 2. The van der Waals surface area contributed by atoms with Gasteiger partial charge in [-0.3, -0.25) is 14.5 Å². The summed E-state index contributed by atoms with van der Waals surface area (Å²) in [6.45, 7) is 5.39. The zero-order valence-corrected chi connectivity index (χ0v) is 14.4. The lowest BCUT2D eigenvalue weighted by molar-refractivity contribution is -0.132. The minimum absolute atomic E-state index is 0.00134. The topological polar surface area (TPSA) is 62.7 Å². The number of nitrogens with zero attached hydrogens (tertiary/aromatic N) is 3. The number of aromatic nitrogens is 1. The second-order valence-corrected chi connectivity index (χ2v) is 5.92. The van der Waals surface area contributed by atoms with Gasteiger partial charge in [-0.05, 0) is 40.9 Å². The van der Waals surface area contributed by atoms with Crippen LogP contribution in [-0.4, -0.2) is 47.9 Å². The second-order valence-electron chi connectivity index (χ2n) is 5.11. The summed E-state index contributed by atoms with van der Waals surface area (Å²) in [4.78, 5) is 32.1. The van der Waals surface area contributed by atoms with Crippen LogP contribution in [0.2, 0.25) is 0 Å². The highest BCUT2D eigenvalue weighted by atomic mass is 79.9. The Balaban J connectivity index is 2.19. The van der Waals surface area contributed by atoms with Crippen LogP contribution < -0.4 is 9.64 Å². The molecule has 1 aliphatic rings. The number of fused-ring (bicyclic) bond motifs is 1. The van der Waals surface area contributed by atoms with Crippen molar-refractivity contribution in [2.24, 2.45) is 0 Å². The molecule has 2 rings (SSSR count). The summed E-state index contributed by atoms with van der Waals surface area (Å²) in [7, 11) is 0. The van der Waals surface area contributed by atoms with Crippen LogP contribution in [0.25, 0.3) is 0 Å². The molecule has 0 bridgehead atoms. The summed E-state index contributed by atoms with van der Waals surface area (Å²) in [6, 6.07) is 3.49. The van der Waals surface area contributed by atoms with Crippen molar-refractivity contribution in [2.45, 2.75) is 26.7 Å². The summed E-state index contributed by atoms with van der Waals surface area (Å²) in [6.07, 6.45) is 1.78. The molecule has 6 nitrogen and oxygen atoms in total. The first-order chi connectivity index (χ1) is 10.6. The Morgan fingerprint density at radius 3 is 2.68 bits per heavy atom. The number of amides is 2. The van der Waals surface area contributed by atoms with Crippen molar-refractivity contribution >= 4 is 33.6 Å². The van der Waals surface area contributed by atoms with Gasteiger partial charge in [-0.1, -0.05) is 13.8 Å². The second kappa shape index (κ2) is 7.58. The highest BCUT2D eigenvalue weighted by molar-refractivity contribution is 9.10. The fourth-order valence-corrected chi connectivity index (χ4v) is 2.65. The van der Waals surface area contributed by atoms with E-state index in [2.05, 4.69) is 20.9 Å². The third kappa shape index (κ3) is 3.76.